The molecule has 19 heavy (non-hydrogen) atoms. The number of carbonyl (C=O) groups is 2. The van der Waals surface area contributed by atoms with Gasteiger partial charge in [-0.3, -0.25) is 14.5 Å². The lowest BCUT2D eigenvalue weighted by molar-refractivity contribution is -0.146. The van der Waals surface area contributed by atoms with E-state index in [4.69, 9.17) is 0 Å². The smallest absolute Gasteiger partial charge is 0.251 e. The molecule has 6 heteroatoms. The largest absolute Gasteiger partial charge is 0.358 e. The first kappa shape index (κ1) is 12.1. The van der Waals surface area contributed by atoms with Gasteiger partial charge in [-0.05, 0) is 25.7 Å². The van der Waals surface area contributed by atoms with Gasteiger partial charge in [-0.1, -0.05) is 0 Å². The van der Waals surface area contributed by atoms with E-state index in [1.54, 1.807) is 0 Å². The summed E-state index contributed by atoms with van der Waals surface area (Å²) in [6.45, 7) is 0. The maximum absolute atomic E-state index is 12.0. The van der Waals surface area contributed by atoms with Gasteiger partial charge in [0.05, 0.1) is 0 Å². The lowest BCUT2D eigenvalue weighted by atomic mass is 10.0. The van der Waals surface area contributed by atoms with Crippen molar-refractivity contribution in [3.63, 3.8) is 0 Å². The number of hydrogen-bond donors (Lipinski definition) is 1. The fourth-order valence-electron chi connectivity index (χ4n) is 2.70. The predicted molar refractivity (Wildman–Crippen MR) is 68.5 cm³/mol. The summed E-state index contributed by atoms with van der Waals surface area (Å²) in [6, 6.07) is -0.359. The zero-order valence-corrected chi connectivity index (χ0v) is 10.8. The van der Waals surface area contributed by atoms with Gasteiger partial charge in [0, 0.05) is 24.7 Å². The van der Waals surface area contributed by atoms with Gasteiger partial charge >= 0.3 is 0 Å². The molecule has 1 fully saturated rings. The summed E-state index contributed by atoms with van der Waals surface area (Å²) in [6.07, 6.45) is 5.47. The molecule has 0 aromatic carbocycles. The van der Waals surface area contributed by atoms with Crippen LogP contribution in [-0.2, 0) is 22.4 Å². The molecule has 1 aliphatic heterocycles. The Balaban J connectivity index is 1.81. The van der Waals surface area contributed by atoms with Crippen molar-refractivity contribution in [2.45, 2.75) is 38.1 Å². The molecule has 1 saturated heterocycles. The minimum Gasteiger partial charge on any atom is -0.358 e. The zero-order valence-electron chi connectivity index (χ0n) is 10.8. The van der Waals surface area contributed by atoms with Gasteiger partial charge in [0.25, 0.3) is 5.91 Å². The highest BCUT2D eigenvalue weighted by Crippen LogP contribution is 2.26. The van der Waals surface area contributed by atoms with Gasteiger partial charge in [-0.2, -0.15) is 0 Å². The molecule has 6 nitrogen and oxygen atoms in total. The van der Waals surface area contributed by atoms with Gasteiger partial charge in [0.1, 0.15) is 18.2 Å². The van der Waals surface area contributed by atoms with Crippen LogP contribution in [0.1, 0.15) is 30.5 Å². The van der Waals surface area contributed by atoms with E-state index in [9.17, 15) is 9.59 Å². The number of fused-ring (bicyclic) bond motifs is 1. The number of aryl methyl sites for hydroxylation is 1. The fourth-order valence-corrected chi connectivity index (χ4v) is 2.70. The Bertz CT molecular complexity index is 543. The third kappa shape index (κ3) is 2.07. The topological polar surface area (TPSA) is 75.2 Å². The molecule has 0 bridgehead atoms. The lowest BCUT2D eigenvalue weighted by Gasteiger charge is -2.28. The maximum Gasteiger partial charge on any atom is 0.251 e. The molecule has 2 heterocycles. The Kier molecular flexibility index (Phi) is 2.93. The number of nitrogens with zero attached hydrogens (tertiary/aromatic N) is 3. The van der Waals surface area contributed by atoms with Gasteiger partial charge in [-0.15, -0.1) is 0 Å². The van der Waals surface area contributed by atoms with Gasteiger partial charge < -0.3 is 5.32 Å². The van der Waals surface area contributed by atoms with Crippen molar-refractivity contribution in [2.75, 3.05) is 12.4 Å². The van der Waals surface area contributed by atoms with E-state index < -0.39 is 0 Å². The number of likely N-dealkylation sites (tertiary alicyclic amines) is 1. The van der Waals surface area contributed by atoms with Crippen molar-refractivity contribution in [2.24, 2.45) is 0 Å². The van der Waals surface area contributed by atoms with Crippen LogP contribution in [0.5, 0.6) is 0 Å². The third-order valence-electron chi connectivity index (χ3n) is 3.84. The van der Waals surface area contributed by atoms with Crippen molar-refractivity contribution in [1.29, 1.82) is 0 Å². The quantitative estimate of drug-likeness (QED) is 0.785. The molecule has 100 valence electrons. The van der Waals surface area contributed by atoms with Gasteiger partial charge in [0.15, 0.2) is 0 Å². The number of nitrogens with one attached hydrogen (secondary N) is 1. The molecule has 1 aliphatic carbocycles. The second-order valence-electron chi connectivity index (χ2n) is 5.03. The first-order valence-corrected chi connectivity index (χ1v) is 6.56. The number of amides is 2. The van der Waals surface area contributed by atoms with Crippen LogP contribution >= 0.6 is 0 Å². The monoisotopic (exact) mass is 260 g/mol. The molecule has 0 saturated carbocycles. The minimum atomic E-state index is -0.359. The molecule has 0 spiro atoms. The van der Waals surface area contributed by atoms with Crippen LogP contribution in [0.3, 0.4) is 0 Å². The number of piperidine rings is 1. The Morgan fingerprint density at radius 3 is 2.95 bits per heavy atom. The number of imide groups is 1. The van der Waals surface area contributed by atoms with Crippen LogP contribution in [0, 0.1) is 0 Å². The highest BCUT2D eigenvalue weighted by molar-refractivity contribution is 6.01. The Morgan fingerprint density at radius 2 is 2.11 bits per heavy atom. The molecule has 2 aliphatic rings. The average Bonchev–Trinajstić information content (AvgIpc) is 2.89. The van der Waals surface area contributed by atoms with Crippen LogP contribution in [0.2, 0.25) is 0 Å². The lowest BCUT2D eigenvalue weighted by Crippen LogP contribution is -2.48. The first-order valence-electron chi connectivity index (χ1n) is 6.56. The minimum absolute atomic E-state index is 0.115. The Hall–Kier alpha value is -1.98. The van der Waals surface area contributed by atoms with Crippen LogP contribution in [0.25, 0.3) is 0 Å². The molecule has 1 atom stereocenters. The molecule has 1 N–H and O–H groups in total. The molecule has 1 aromatic heterocycles. The third-order valence-corrected chi connectivity index (χ3v) is 3.84. The number of rotatable bonds is 2. The summed E-state index contributed by atoms with van der Waals surface area (Å²) in [7, 11) is 1.53. The molecule has 3 rings (SSSR count). The van der Waals surface area contributed by atoms with Crippen molar-refractivity contribution in [3.8, 4) is 0 Å². The first-order chi connectivity index (χ1) is 9.16. The second-order valence-corrected chi connectivity index (χ2v) is 5.03. The highest BCUT2D eigenvalue weighted by Gasteiger charge is 2.32. The van der Waals surface area contributed by atoms with Crippen molar-refractivity contribution in [1.82, 2.24) is 14.9 Å². The standard InChI is InChI=1S/C13H16N4O2/c1-17-11(18)6-5-10(13(17)19)16-12-8-3-2-4-9(8)14-7-15-12/h7,10H,2-6H2,1H3,(H,14,15,16). The van der Waals surface area contributed by atoms with E-state index in [0.717, 1.165) is 36.3 Å². The Morgan fingerprint density at radius 1 is 1.26 bits per heavy atom. The SMILES string of the molecule is CN1C(=O)CCC(Nc2ncnc3c2CCC3)C1=O. The fraction of sp³-hybridized carbons (Fsp3) is 0.538. The summed E-state index contributed by atoms with van der Waals surface area (Å²) in [4.78, 5) is 33.2. The predicted octanol–water partition coefficient (Wildman–Crippen LogP) is 0.525. The molecule has 1 aromatic rings. The van der Waals surface area contributed by atoms with Crippen LogP contribution < -0.4 is 5.32 Å². The number of carbonyl (C=O) groups excluding carboxylic acids is 2. The van der Waals surface area contributed by atoms with E-state index >= 15 is 0 Å². The molecule has 2 amide bonds. The highest BCUT2D eigenvalue weighted by atomic mass is 16.2. The van der Waals surface area contributed by atoms with E-state index in [0.29, 0.717) is 12.8 Å². The molecular weight excluding hydrogens is 244 g/mol. The summed E-state index contributed by atoms with van der Waals surface area (Å²) < 4.78 is 0. The molecular formula is C13H16N4O2. The summed E-state index contributed by atoms with van der Waals surface area (Å²) >= 11 is 0. The van der Waals surface area contributed by atoms with Gasteiger partial charge in [-0.25, -0.2) is 9.97 Å². The van der Waals surface area contributed by atoms with Crippen molar-refractivity contribution >= 4 is 17.6 Å². The van der Waals surface area contributed by atoms with Crippen LogP contribution in [-0.4, -0.2) is 39.8 Å². The van der Waals surface area contributed by atoms with Gasteiger partial charge in [0.2, 0.25) is 5.91 Å². The van der Waals surface area contributed by atoms with Crippen LogP contribution in [0.4, 0.5) is 5.82 Å². The average molecular weight is 260 g/mol. The number of likely N-dealkylation sites (N-methyl/N-ethyl adjacent to an activating group) is 1. The summed E-state index contributed by atoms with van der Waals surface area (Å²) in [5.74, 6) is 0.459. The Labute approximate surface area is 111 Å². The maximum atomic E-state index is 12.0. The molecule has 1 unspecified atom stereocenters. The number of hydrogen-bond acceptors (Lipinski definition) is 5. The van der Waals surface area contributed by atoms with E-state index in [1.165, 1.54) is 18.3 Å². The van der Waals surface area contributed by atoms with Crippen molar-refractivity contribution in [3.05, 3.63) is 17.6 Å². The van der Waals surface area contributed by atoms with Crippen molar-refractivity contribution < 1.29 is 9.59 Å². The second kappa shape index (κ2) is 4.60. The molecule has 0 radical (unpaired) electrons. The number of anilines is 1. The van der Waals surface area contributed by atoms with E-state index in [-0.39, 0.29) is 17.9 Å². The summed E-state index contributed by atoms with van der Waals surface area (Å²) in [5.41, 5.74) is 2.19. The normalized spacial score (nSPS) is 22.6. The van der Waals surface area contributed by atoms with Crippen LogP contribution in [0.15, 0.2) is 6.33 Å². The summed E-state index contributed by atoms with van der Waals surface area (Å²) in [5, 5.41) is 3.19. The number of aromatic nitrogens is 2. The zero-order chi connectivity index (χ0) is 13.4. The van der Waals surface area contributed by atoms with E-state index in [1.807, 2.05) is 0 Å². The van der Waals surface area contributed by atoms with E-state index in [2.05, 4.69) is 15.3 Å².